The third-order valence-electron chi connectivity index (χ3n) is 4.59. The maximum Gasteiger partial charge on any atom is 0.264 e. The molecule has 1 N–H and O–H groups in total. The molecule has 1 atom stereocenters. The fourth-order valence-corrected chi connectivity index (χ4v) is 4.06. The van der Waals surface area contributed by atoms with Gasteiger partial charge in [0.25, 0.3) is 15.9 Å². The van der Waals surface area contributed by atoms with E-state index in [1.54, 1.807) is 55.5 Å². The Kier molecular flexibility index (Phi) is 5.98. The summed E-state index contributed by atoms with van der Waals surface area (Å²) in [7, 11) is -2.29. The molecule has 0 aliphatic carbocycles. The van der Waals surface area contributed by atoms with Gasteiger partial charge < -0.3 is 5.32 Å². The third-order valence-corrected chi connectivity index (χ3v) is 6.39. The Balaban J connectivity index is 1.80. The molecule has 0 bridgehead atoms. The van der Waals surface area contributed by atoms with Gasteiger partial charge in [0, 0.05) is 12.6 Å². The summed E-state index contributed by atoms with van der Waals surface area (Å²) < 4.78 is 39.8. The van der Waals surface area contributed by atoms with Gasteiger partial charge >= 0.3 is 0 Å². The predicted octanol–water partition coefficient (Wildman–Crippen LogP) is 4.14. The van der Waals surface area contributed by atoms with Crippen LogP contribution in [0.1, 0.15) is 28.9 Å². The Morgan fingerprint density at radius 2 is 1.62 bits per heavy atom. The molecule has 3 rings (SSSR count). The lowest BCUT2D eigenvalue weighted by molar-refractivity contribution is 0.0940. The topological polar surface area (TPSA) is 66.5 Å². The Hall–Kier alpha value is -3.19. The number of nitrogens with one attached hydrogen (secondary N) is 1. The summed E-state index contributed by atoms with van der Waals surface area (Å²) in [6.45, 7) is 1.79. The van der Waals surface area contributed by atoms with Crippen LogP contribution in [0, 0.1) is 5.82 Å². The van der Waals surface area contributed by atoms with Gasteiger partial charge in [0.15, 0.2) is 0 Å². The van der Waals surface area contributed by atoms with Crippen molar-refractivity contribution < 1.29 is 17.6 Å². The number of nitrogens with zero attached hydrogens (tertiary/aromatic N) is 1. The number of hydrogen-bond donors (Lipinski definition) is 1. The molecule has 0 radical (unpaired) electrons. The summed E-state index contributed by atoms with van der Waals surface area (Å²) in [5.74, 6) is -0.697. The van der Waals surface area contributed by atoms with Crippen LogP contribution in [-0.4, -0.2) is 21.4 Å². The quantitative estimate of drug-likeness (QED) is 0.662. The molecule has 0 fully saturated rings. The van der Waals surface area contributed by atoms with Crippen LogP contribution in [0.4, 0.5) is 10.1 Å². The molecule has 3 aromatic carbocycles. The Labute approximate surface area is 169 Å². The first-order valence-corrected chi connectivity index (χ1v) is 10.4. The van der Waals surface area contributed by atoms with Crippen molar-refractivity contribution in [3.05, 3.63) is 95.8 Å². The number of anilines is 1. The van der Waals surface area contributed by atoms with Crippen molar-refractivity contribution in [2.75, 3.05) is 11.4 Å². The lowest BCUT2D eigenvalue weighted by Crippen LogP contribution is -2.28. The highest BCUT2D eigenvalue weighted by molar-refractivity contribution is 7.92. The number of benzene rings is 3. The highest BCUT2D eigenvalue weighted by Crippen LogP contribution is 2.23. The van der Waals surface area contributed by atoms with Crippen LogP contribution in [0.15, 0.2) is 83.8 Å². The van der Waals surface area contributed by atoms with Crippen molar-refractivity contribution in [3.63, 3.8) is 0 Å². The molecule has 0 aromatic heterocycles. The Bertz CT molecular complexity index is 1100. The third kappa shape index (κ3) is 4.63. The number of rotatable bonds is 6. The normalized spacial score (nSPS) is 12.2. The van der Waals surface area contributed by atoms with Crippen molar-refractivity contribution in [1.82, 2.24) is 5.32 Å². The van der Waals surface area contributed by atoms with E-state index < -0.39 is 10.0 Å². The molecule has 0 aliphatic rings. The number of amides is 1. The lowest BCUT2D eigenvalue weighted by atomic mass is 10.1. The van der Waals surface area contributed by atoms with Gasteiger partial charge in [-0.2, -0.15) is 0 Å². The summed E-state index contributed by atoms with van der Waals surface area (Å²) in [4.78, 5) is 12.8. The van der Waals surface area contributed by atoms with E-state index in [0.29, 0.717) is 11.3 Å². The van der Waals surface area contributed by atoms with E-state index in [1.165, 1.54) is 37.4 Å². The van der Waals surface area contributed by atoms with E-state index in [0.717, 1.165) is 9.87 Å². The van der Waals surface area contributed by atoms with E-state index >= 15 is 0 Å². The zero-order valence-corrected chi connectivity index (χ0v) is 16.9. The van der Waals surface area contributed by atoms with Crippen LogP contribution in [-0.2, 0) is 10.0 Å². The summed E-state index contributed by atoms with van der Waals surface area (Å²) in [5.41, 5.74) is 1.46. The van der Waals surface area contributed by atoms with Crippen LogP contribution in [0.5, 0.6) is 0 Å². The largest absolute Gasteiger partial charge is 0.346 e. The van der Waals surface area contributed by atoms with E-state index in [2.05, 4.69) is 5.32 Å². The highest BCUT2D eigenvalue weighted by atomic mass is 32.2. The Morgan fingerprint density at radius 1 is 0.966 bits per heavy atom. The number of halogens is 1. The Morgan fingerprint density at radius 3 is 2.28 bits per heavy atom. The maximum atomic E-state index is 13.1. The molecule has 1 unspecified atom stereocenters. The van der Waals surface area contributed by atoms with Gasteiger partial charge in [-0.1, -0.05) is 36.4 Å². The van der Waals surface area contributed by atoms with Crippen LogP contribution in [0.3, 0.4) is 0 Å². The van der Waals surface area contributed by atoms with Crippen LogP contribution in [0.2, 0.25) is 0 Å². The molecule has 0 saturated heterocycles. The molecule has 29 heavy (non-hydrogen) atoms. The van der Waals surface area contributed by atoms with E-state index in [9.17, 15) is 17.6 Å². The van der Waals surface area contributed by atoms with Crippen LogP contribution < -0.4 is 9.62 Å². The number of carbonyl (C=O) groups excluding carboxylic acids is 1. The maximum absolute atomic E-state index is 13.1. The molecule has 5 nitrogen and oxygen atoms in total. The standard InChI is InChI=1S/C22H21FN2O3S/c1-16(17-11-13-19(23)14-12-17)24-22(26)18-7-6-8-20(15-18)25(2)29(27,28)21-9-4-3-5-10-21/h3-16H,1-2H3,(H,24,26). The number of hydrogen-bond acceptors (Lipinski definition) is 3. The predicted molar refractivity (Wildman–Crippen MR) is 111 cm³/mol. The van der Waals surface area contributed by atoms with E-state index in [1.807, 2.05) is 0 Å². The summed E-state index contributed by atoms with van der Waals surface area (Å²) in [5, 5.41) is 2.84. The van der Waals surface area contributed by atoms with Crippen molar-refractivity contribution in [1.29, 1.82) is 0 Å². The molecule has 0 heterocycles. The monoisotopic (exact) mass is 412 g/mol. The van der Waals surface area contributed by atoms with Crippen LogP contribution in [0.25, 0.3) is 0 Å². The molecule has 7 heteroatoms. The second-order valence-electron chi connectivity index (χ2n) is 6.58. The smallest absolute Gasteiger partial charge is 0.264 e. The summed E-state index contributed by atoms with van der Waals surface area (Å²) in [6, 6.07) is 20.0. The van der Waals surface area contributed by atoms with Gasteiger partial charge in [0.2, 0.25) is 0 Å². The van der Waals surface area contributed by atoms with Gasteiger partial charge in [0.05, 0.1) is 16.6 Å². The summed E-state index contributed by atoms with van der Waals surface area (Å²) in [6.07, 6.45) is 0. The van der Waals surface area contributed by atoms with Crippen molar-refractivity contribution in [2.24, 2.45) is 0 Å². The molecule has 0 aliphatic heterocycles. The van der Waals surface area contributed by atoms with Gasteiger partial charge in [-0.05, 0) is 55.0 Å². The minimum atomic E-state index is -3.74. The molecule has 0 saturated carbocycles. The first kappa shape index (κ1) is 20.5. The first-order chi connectivity index (χ1) is 13.8. The van der Waals surface area contributed by atoms with Crippen LogP contribution >= 0.6 is 0 Å². The van der Waals surface area contributed by atoms with Gasteiger partial charge in [-0.25, -0.2) is 12.8 Å². The fraction of sp³-hybridized carbons (Fsp3) is 0.136. The lowest BCUT2D eigenvalue weighted by Gasteiger charge is -2.20. The van der Waals surface area contributed by atoms with E-state index in [-0.39, 0.29) is 22.7 Å². The molecule has 0 spiro atoms. The minimum absolute atomic E-state index is 0.169. The zero-order chi connectivity index (χ0) is 21.0. The van der Waals surface area contributed by atoms with Crippen molar-refractivity contribution >= 4 is 21.6 Å². The van der Waals surface area contributed by atoms with Gasteiger partial charge in [-0.3, -0.25) is 9.10 Å². The molecule has 150 valence electrons. The van der Waals surface area contributed by atoms with Gasteiger partial charge in [-0.15, -0.1) is 0 Å². The second kappa shape index (κ2) is 8.45. The SMILES string of the molecule is CC(NC(=O)c1cccc(N(C)S(=O)(=O)c2ccccc2)c1)c1ccc(F)cc1. The summed E-state index contributed by atoms with van der Waals surface area (Å²) >= 11 is 0. The molecular formula is C22H21FN2O3S. The first-order valence-electron chi connectivity index (χ1n) is 8.99. The zero-order valence-electron chi connectivity index (χ0n) is 16.0. The average molecular weight is 412 g/mol. The number of carbonyl (C=O) groups is 1. The molecule has 1 amide bonds. The highest BCUT2D eigenvalue weighted by Gasteiger charge is 2.22. The van der Waals surface area contributed by atoms with Gasteiger partial charge in [0.1, 0.15) is 5.82 Å². The fourth-order valence-electron chi connectivity index (χ4n) is 2.85. The van der Waals surface area contributed by atoms with Crippen molar-refractivity contribution in [2.45, 2.75) is 17.9 Å². The second-order valence-corrected chi connectivity index (χ2v) is 8.55. The average Bonchev–Trinajstić information content (AvgIpc) is 2.74. The molecular weight excluding hydrogens is 391 g/mol. The van der Waals surface area contributed by atoms with E-state index in [4.69, 9.17) is 0 Å². The van der Waals surface area contributed by atoms with Crippen molar-refractivity contribution in [3.8, 4) is 0 Å². The molecule has 3 aromatic rings. The minimum Gasteiger partial charge on any atom is -0.346 e. The number of sulfonamides is 1.